The fraction of sp³-hybridized carbons (Fsp3) is 0.0667. The molecular formula is C15H11NOS3. The maximum atomic E-state index is 11.9. The van der Waals surface area contributed by atoms with Crippen LogP contribution in [-0.2, 0) is 10.5 Å². The minimum absolute atomic E-state index is 0.0340. The molecular weight excluding hydrogens is 306 g/mol. The van der Waals surface area contributed by atoms with Crippen LogP contribution in [0, 0.1) is 0 Å². The summed E-state index contributed by atoms with van der Waals surface area (Å²) >= 11 is 4.45. The number of carbonyl (C=O) groups excluding carboxylic acids is 1. The van der Waals surface area contributed by atoms with Gasteiger partial charge in [-0.15, -0.1) is 0 Å². The number of rotatable bonds is 3. The van der Waals surface area contributed by atoms with Gasteiger partial charge in [-0.2, -0.15) is 11.3 Å². The molecule has 0 fully saturated rings. The van der Waals surface area contributed by atoms with Crippen molar-refractivity contribution in [3.8, 4) is 0 Å². The molecule has 0 bridgehead atoms. The summed E-state index contributed by atoms with van der Waals surface area (Å²) in [7, 11) is 0. The van der Waals surface area contributed by atoms with Crippen molar-refractivity contribution in [3.63, 3.8) is 0 Å². The van der Waals surface area contributed by atoms with Crippen LogP contribution in [0.25, 0.3) is 6.08 Å². The molecule has 0 unspecified atom stereocenters. The van der Waals surface area contributed by atoms with E-state index in [-0.39, 0.29) is 5.12 Å². The van der Waals surface area contributed by atoms with Crippen LogP contribution in [0.1, 0.15) is 11.1 Å². The van der Waals surface area contributed by atoms with E-state index in [2.05, 4.69) is 17.1 Å². The molecule has 0 aliphatic carbocycles. The maximum Gasteiger partial charge on any atom is 0.244 e. The van der Waals surface area contributed by atoms with Gasteiger partial charge < -0.3 is 0 Å². The third-order valence-electron chi connectivity index (χ3n) is 2.65. The van der Waals surface area contributed by atoms with Crippen LogP contribution in [0.4, 0.5) is 0 Å². The van der Waals surface area contributed by atoms with E-state index in [1.54, 1.807) is 23.1 Å². The molecule has 0 atom stereocenters. The predicted octanol–water partition coefficient (Wildman–Crippen LogP) is 4.65. The first kappa shape index (κ1) is 13.7. The standard InChI is InChI=1S/C15H11NOS3/c17-14-13(8-12-6-7-18-9-12)16-15(20-14)19-10-11-4-2-1-3-5-11/h1-9H,10H2/b13-8-. The lowest BCUT2D eigenvalue weighted by atomic mass is 10.2. The molecule has 3 rings (SSSR count). The molecule has 0 radical (unpaired) electrons. The number of hydrogen-bond acceptors (Lipinski definition) is 5. The zero-order chi connectivity index (χ0) is 13.8. The van der Waals surface area contributed by atoms with Crippen molar-refractivity contribution < 1.29 is 4.79 Å². The van der Waals surface area contributed by atoms with Gasteiger partial charge in [-0.1, -0.05) is 42.1 Å². The lowest BCUT2D eigenvalue weighted by molar-refractivity contribution is -0.107. The van der Waals surface area contributed by atoms with E-state index in [4.69, 9.17) is 0 Å². The van der Waals surface area contributed by atoms with Gasteiger partial charge in [0.2, 0.25) is 5.12 Å². The van der Waals surface area contributed by atoms with Gasteiger partial charge in [-0.3, -0.25) is 4.79 Å². The van der Waals surface area contributed by atoms with Crippen molar-refractivity contribution in [2.45, 2.75) is 5.75 Å². The summed E-state index contributed by atoms with van der Waals surface area (Å²) in [6.45, 7) is 0. The van der Waals surface area contributed by atoms with Gasteiger partial charge in [0, 0.05) is 5.75 Å². The number of benzene rings is 1. The third kappa shape index (κ3) is 3.42. The normalized spacial score (nSPS) is 16.7. The lowest BCUT2D eigenvalue weighted by Crippen LogP contribution is -1.87. The maximum absolute atomic E-state index is 11.9. The minimum atomic E-state index is 0.0340. The van der Waals surface area contributed by atoms with Crippen LogP contribution in [-0.4, -0.2) is 9.49 Å². The summed E-state index contributed by atoms with van der Waals surface area (Å²) in [4.78, 5) is 16.3. The van der Waals surface area contributed by atoms with Crippen LogP contribution in [0.5, 0.6) is 0 Å². The van der Waals surface area contributed by atoms with Crippen LogP contribution in [0.15, 0.2) is 57.8 Å². The highest BCUT2D eigenvalue weighted by atomic mass is 32.2. The van der Waals surface area contributed by atoms with E-state index in [1.165, 1.54) is 17.3 Å². The highest BCUT2D eigenvalue weighted by molar-refractivity contribution is 8.45. The van der Waals surface area contributed by atoms with Crippen molar-refractivity contribution in [1.29, 1.82) is 0 Å². The molecule has 1 aliphatic rings. The Morgan fingerprint density at radius 2 is 2.05 bits per heavy atom. The Bertz CT molecular complexity index is 660. The average molecular weight is 317 g/mol. The second-order valence-electron chi connectivity index (χ2n) is 4.13. The van der Waals surface area contributed by atoms with Gasteiger partial charge in [-0.25, -0.2) is 4.99 Å². The fourth-order valence-electron chi connectivity index (χ4n) is 1.69. The molecule has 5 heteroatoms. The number of hydrogen-bond donors (Lipinski definition) is 0. The topological polar surface area (TPSA) is 29.4 Å². The summed E-state index contributed by atoms with van der Waals surface area (Å²) in [6, 6.07) is 12.2. The quantitative estimate of drug-likeness (QED) is 0.772. The summed E-state index contributed by atoms with van der Waals surface area (Å²) in [6.07, 6.45) is 1.85. The number of thiophene rings is 1. The molecule has 0 saturated carbocycles. The molecule has 1 aromatic carbocycles. The first-order valence-corrected chi connectivity index (χ1v) is 8.77. The first-order valence-electron chi connectivity index (χ1n) is 6.03. The Morgan fingerprint density at radius 3 is 2.80 bits per heavy atom. The van der Waals surface area contributed by atoms with Gasteiger partial charge >= 0.3 is 0 Å². The Balaban J connectivity index is 1.68. The summed E-state index contributed by atoms with van der Waals surface area (Å²) < 4.78 is 0.834. The SMILES string of the molecule is O=C1SC(SCc2ccccc2)=N/C1=C\c1ccsc1. The molecule has 2 heterocycles. The summed E-state index contributed by atoms with van der Waals surface area (Å²) in [5, 5.41) is 4.04. The molecule has 0 amide bonds. The van der Waals surface area contributed by atoms with Crippen LogP contribution < -0.4 is 0 Å². The highest BCUT2D eigenvalue weighted by Gasteiger charge is 2.22. The van der Waals surface area contributed by atoms with E-state index >= 15 is 0 Å². The molecule has 2 aromatic rings. The Labute approximate surface area is 130 Å². The monoisotopic (exact) mass is 317 g/mol. The molecule has 1 aliphatic heterocycles. The van der Waals surface area contributed by atoms with Crippen molar-refractivity contribution in [2.24, 2.45) is 4.99 Å². The molecule has 20 heavy (non-hydrogen) atoms. The third-order valence-corrected chi connectivity index (χ3v) is 5.43. The molecule has 0 spiro atoms. The Kier molecular flexibility index (Phi) is 4.40. The smallest absolute Gasteiger partial charge is 0.244 e. The molecule has 1 aromatic heterocycles. The number of nitrogens with zero attached hydrogens (tertiary/aromatic N) is 1. The van der Waals surface area contributed by atoms with Crippen LogP contribution in [0.3, 0.4) is 0 Å². The van der Waals surface area contributed by atoms with Crippen LogP contribution in [0.2, 0.25) is 0 Å². The van der Waals surface area contributed by atoms with E-state index < -0.39 is 0 Å². The van der Waals surface area contributed by atoms with Gasteiger partial charge in [0.25, 0.3) is 0 Å². The van der Waals surface area contributed by atoms with Crippen LogP contribution >= 0.6 is 34.9 Å². The van der Waals surface area contributed by atoms with Gasteiger partial charge in [0.1, 0.15) is 10.1 Å². The van der Waals surface area contributed by atoms with Crippen molar-refractivity contribution in [2.75, 3.05) is 0 Å². The molecule has 2 nitrogen and oxygen atoms in total. The summed E-state index contributed by atoms with van der Waals surface area (Å²) in [5.41, 5.74) is 2.82. The lowest BCUT2D eigenvalue weighted by Gasteiger charge is -1.98. The summed E-state index contributed by atoms with van der Waals surface area (Å²) in [5.74, 6) is 0.839. The molecule has 100 valence electrons. The fourth-order valence-corrected chi connectivity index (χ4v) is 4.10. The van der Waals surface area contributed by atoms with Crippen molar-refractivity contribution in [3.05, 3.63) is 64.0 Å². The minimum Gasteiger partial charge on any atom is -0.279 e. The van der Waals surface area contributed by atoms with E-state index in [9.17, 15) is 4.79 Å². The largest absolute Gasteiger partial charge is 0.279 e. The molecule has 0 saturated heterocycles. The van der Waals surface area contributed by atoms with E-state index in [0.29, 0.717) is 5.70 Å². The van der Waals surface area contributed by atoms with E-state index in [1.807, 2.05) is 41.1 Å². The Morgan fingerprint density at radius 1 is 1.20 bits per heavy atom. The van der Waals surface area contributed by atoms with Gasteiger partial charge in [-0.05, 0) is 45.8 Å². The van der Waals surface area contributed by atoms with Crippen molar-refractivity contribution in [1.82, 2.24) is 0 Å². The Hall–Kier alpha value is -1.30. The van der Waals surface area contributed by atoms with Crippen molar-refractivity contribution >= 4 is 50.4 Å². The number of aliphatic imine (C=N–C) groups is 1. The molecule has 0 N–H and O–H groups in total. The highest BCUT2D eigenvalue weighted by Crippen LogP contribution is 2.32. The average Bonchev–Trinajstić information content (AvgIpc) is 3.09. The van der Waals surface area contributed by atoms with Gasteiger partial charge in [0.15, 0.2) is 0 Å². The first-order chi connectivity index (χ1) is 9.81. The van der Waals surface area contributed by atoms with E-state index in [0.717, 1.165) is 15.7 Å². The number of thioether (sulfide) groups is 2. The zero-order valence-corrected chi connectivity index (χ0v) is 12.9. The van der Waals surface area contributed by atoms with Gasteiger partial charge in [0.05, 0.1) is 0 Å². The zero-order valence-electron chi connectivity index (χ0n) is 10.5. The second kappa shape index (κ2) is 6.43. The number of carbonyl (C=O) groups is 1. The predicted molar refractivity (Wildman–Crippen MR) is 90.1 cm³/mol. The second-order valence-corrected chi connectivity index (χ2v) is 7.09.